The number of benzene rings is 1. The molecule has 6 nitrogen and oxygen atoms in total. The minimum Gasteiger partial charge on any atom is -0.356 e. The van der Waals surface area contributed by atoms with Crippen LogP contribution in [0.2, 0.25) is 0 Å². The van der Waals surface area contributed by atoms with Crippen LogP contribution in [0.3, 0.4) is 0 Å². The molecule has 3 heterocycles. The number of piperidine rings is 1. The number of amides is 1. The lowest BCUT2D eigenvalue weighted by Crippen LogP contribution is -2.45. The van der Waals surface area contributed by atoms with Gasteiger partial charge in [0.15, 0.2) is 0 Å². The van der Waals surface area contributed by atoms with Crippen LogP contribution in [0.5, 0.6) is 0 Å². The molecule has 0 spiro atoms. The Kier molecular flexibility index (Phi) is 6.41. The summed E-state index contributed by atoms with van der Waals surface area (Å²) in [4.78, 5) is 33.0. The fourth-order valence-electron chi connectivity index (χ4n) is 4.01. The van der Waals surface area contributed by atoms with Crippen molar-refractivity contribution in [3.8, 4) is 0 Å². The van der Waals surface area contributed by atoms with Gasteiger partial charge in [-0.3, -0.25) is 14.2 Å². The SMILES string of the molecule is Cc1ccc(Cn2c(N3CCC[C@@H](C(=O)NCC(C)C)C3)nc3ccsc3c2=O)cc1. The molecule has 0 radical (unpaired) electrons. The molecule has 0 bridgehead atoms. The van der Waals surface area contributed by atoms with Crippen molar-refractivity contribution in [1.82, 2.24) is 14.9 Å². The number of rotatable bonds is 6. The number of thiophene rings is 1. The molecule has 2 aromatic heterocycles. The zero-order valence-electron chi connectivity index (χ0n) is 18.4. The van der Waals surface area contributed by atoms with Crippen LogP contribution in [0.15, 0.2) is 40.5 Å². The van der Waals surface area contributed by atoms with Crippen molar-refractivity contribution in [1.29, 1.82) is 0 Å². The van der Waals surface area contributed by atoms with Crippen molar-refractivity contribution in [2.45, 2.75) is 40.2 Å². The first-order valence-electron chi connectivity index (χ1n) is 11.0. The third kappa shape index (κ3) is 4.82. The van der Waals surface area contributed by atoms with Crippen LogP contribution in [0.4, 0.5) is 5.95 Å². The predicted molar refractivity (Wildman–Crippen MR) is 127 cm³/mol. The van der Waals surface area contributed by atoms with Gasteiger partial charge in [-0.2, -0.15) is 0 Å². The van der Waals surface area contributed by atoms with E-state index >= 15 is 0 Å². The smallest absolute Gasteiger partial charge is 0.273 e. The van der Waals surface area contributed by atoms with Gasteiger partial charge in [0.25, 0.3) is 5.56 Å². The van der Waals surface area contributed by atoms with E-state index in [4.69, 9.17) is 4.98 Å². The summed E-state index contributed by atoms with van der Waals surface area (Å²) in [6.45, 7) is 8.78. The van der Waals surface area contributed by atoms with Crippen molar-refractivity contribution in [2.24, 2.45) is 11.8 Å². The molecule has 4 rings (SSSR count). The zero-order chi connectivity index (χ0) is 22.0. The van der Waals surface area contributed by atoms with Gasteiger partial charge < -0.3 is 10.2 Å². The van der Waals surface area contributed by atoms with Crippen LogP contribution in [0, 0.1) is 18.8 Å². The first kappa shape index (κ1) is 21.6. The van der Waals surface area contributed by atoms with Gasteiger partial charge in [-0.1, -0.05) is 43.7 Å². The normalized spacial score (nSPS) is 16.8. The fourth-order valence-corrected chi connectivity index (χ4v) is 4.79. The van der Waals surface area contributed by atoms with Gasteiger partial charge in [-0.15, -0.1) is 11.3 Å². The first-order valence-corrected chi connectivity index (χ1v) is 11.9. The molecule has 1 saturated heterocycles. The number of nitrogens with one attached hydrogen (secondary N) is 1. The second-order valence-corrected chi connectivity index (χ2v) is 9.76. The van der Waals surface area contributed by atoms with E-state index in [1.807, 2.05) is 11.4 Å². The first-order chi connectivity index (χ1) is 14.9. The molecule has 164 valence electrons. The van der Waals surface area contributed by atoms with Crippen molar-refractivity contribution in [3.63, 3.8) is 0 Å². The predicted octanol–water partition coefficient (Wildman–Crippen LogP) is 3.80. The second kappa shape index (κ2) is 9.22. The van der Waals surface area contributed by atoms with Gasteiger partial charge in [-0.05, 0) is 42.7 Å². The third-order valence-corrected chi connectivity index (χ3v) is 6.66. The highest BCUT2D eigenvalue weighted by Crippen LogP contribution is 2.25. The van der Waals surface area contributed by atoms with Gasteiger partial charge in [0.2, 0.25) is 11.9 Å². The lowest BCUT2D eigenvalue weighted by molar-refractivity contribution is -0.125. The van der Waals surface area contributed by atoms with Crippen molar-refractivity contribution >= 4 is 33.4 Å². The zero-order valence-corrected chi connectivity index (χ0v) is 19.2. The summed E-state index contributed by atoms with van der Waals surface area (Å²) < 4.78 is 2.46. The van der Waals surface area contributed by atoms with Gasteiger partial charge in [0.1, 0.15) is 4.70 Å². The molecule has 1 amide bonds. The van der Waals surface area contributed by atoms with E-state index in [1.165, 1.54) is 16.9 Å². The Hall–Kier alpha value is -2.67. The number of hydrogen-bond donors (Lipinski definition) is 1. The summed E-state index contributed by atoms with van der Waals surface area (Å²) in [5.74, 6) is 1.10. The van der Waals surface area contributed by atoms with Crippen molar-refractivity contribution in [2.75, 3.05) is 24.5 Å². The summed E-state index contributed by atoms with van der Waals surface area (Å²) in [6, 6.07) is 10.1. The van der Waals surface area contributed by atoms with Crippen molar-refractivity contribution < 1.29 is 4.79 Å². The van der Waals surface area contributed by atoms with E-state index < -0.39 is 0 Å². The molecule has 1 aliphatic heterocycles. The Morgan fingerprint density at radius 1 is 1.26 bits per heavy atom. The highest BCUT2D eigenvalue weighted by molar-refractivity contribution is 7.17. The van der Waals surface area contributed by atoms with Crippen LogP contribution < -0.4 is 15.8 Å². The highest BCUT2D eigenvalue weighted by Gasteiger charge is 2.28. The van der Waals surface area contributed by atoms with Crippen LogP contribution in [-0.4, -0.2) is 35.1 Å². The summed E-state index contributed by atoms with van der Waals surface area (Å²) in [5.41, 5.74) is 2.97. The molecule has 0 aliphatic carbocycles. The number of fused-ring (bicyclic) bond motifs is 1. The molecule has 0 saturated carbocycles. The summed E-state index contributed by atoms with van der Waals surface area (Å²) in [7, 11) is 0. The molecule has 31 heavy (non-hydrogen) atoms. The molecule has 0 unspecified atom stereocenters. The molecule has 7 heteroatoms. The molecule has 1 fully saturated rings. The number of nitrogens with zero attached hydrogens (tertiary/aromatic N) is 3. The van der Waals surface area contributed by atoms with Crippen molar-refractivity contribution in [3.05, 3.63) is 57.2 Å². The van der Waals surface area contributed by atoms with Crippen LogP contribution >= 0.6 is 11.3 Å². The number of anilines is 1. The highest BCUT2D eigenvalue weighted by atomic mass is 32.1. The average Bonchev–Trinajstić information content (AvgIpc) is 3.24. The molecule has 1 aromatic carbocycles. The number of aryl methyl sites for hydroxylation is 1. The summed E-state index contributed by atoms with van der Waals surface area (Å²) in [5, 5.41) is 4.98. The number of hydrogen-bond acceptors (Lipinski definition) is 5. The lowest BCUT2D eigenvalue weighted by Gasteiger charge is -2.34. The number of carbonyl (C=O) groups excluding carboxylic acids is 1. The van der Waals surface area contributed by atoms with Gasteiger partial charge in [0, 0.05) is 19.6 Å². The van der Waals surface area contributed by atoms with Gasteiger partial charge >= 0.3 is 0 Å². The summed E-state index contributed by atoms with van der Waals surface area (Å²) in [6.07, 6.45) is 1.77. The Labute approximate surface area is 186 Å². The topological polar surface area (TPSA) is 67.2 Å². The largest absolute Gasteiger partial charge is 0.356 e. The van der Waals surface area contributed by atoms with E-state index in [0.717, 1.165) is 30.5 Å². The van der Waals surface area contributed by atoms with Gasteiger partial charge in [-0.25, -0.2) is 4.98 Å². The standard InChI is InChI=1S/C24H30N4O2S/c1-16(2)13-25-22(29)19-5-4-11-27(15-19)24-26-20-10-12-31-21(20)23(30)28(24)14-18-8-6-17(3)7-9-18/h6-10,12,16,19H,4-5,11,13-15H2,1-3H3,(H,25,29)/t19-/m1/s1. The van der Waals surface area contributed by atoms with E-state index in [9.17, 15) is 9.59 Å². The maximum atomic E-state index is 13.3. The number of aromatic nitrogens is 2. The number of carbonyl (C=O) groups is 1. The van der Waals surface area contributed by atoms with E-state index in [0.29, 0.717) is 36.2 Å². The molecular weight excluding hydrogens is 408 g/mol. The fraction of sp³-hybridized carbons (Fsp3) is 0.458. The monoisotopic (exact) mass is 438 g/mol. The Bertz CT molecular complexity index is 1120. The minimum absolute atomic E-state index is 0.0121. The Morgan fingerprint density at radius 3 is 2.77 bits per heavy atom. The third-order valence-electron chi connectivity index (χ3n) is 5.77. The van der Waals surface area contributed by atoms with Crippen LogP contribution in [0.25, 0.3) is 10.2 Å². The maximum absolute atomic E-state index is 13.3. The van der Waals surface area contributed by atoms with E-state index in [1.54, 1.807) is 4.57 Å². The molecule has 1 N–H and O–H groups in total. The summed E-state index contributed by atoms with van der Waals surface area (Å²) >= 11 is 1.43. The van der Waals surface area contributed by atoms with Crippen LogP contribution in [-0.2, 0) is 11.3 Å². The molecule has 1 atom stereocenters. The lowest BCUT2D eigenvalue weighted by atomic mass is 9.97. The van der Waals surface area contributed by atoms with Gasteiger partial charge in [0.05, 0.1) is 18.0 Å². The Balaban J connectivity index is 1.66. The van der Waals surface area contributed by atoms with E-state index in [2.05, 4.69) is 55.3 Å². The average molecular weight is 439 g/mol. The molecular formula is C24H30N4O2S. The van der Waals surface area contributed by atoms with E-state index in [-0.39, 0.29) is 17.4 Å². The minimum atomic E-state index is -0.0876. The second-order valence-electron chi connectivity index (χ2n) is 8.85. The molecule has 3 aromatic rings. The molecule has 1 aliphatic rings. The quantitative estimate of drug-likeness (QED) is 0.636. The Morgan fingerprint density at radius 2 is 2.03 bits per heavy atom. The maximum Gasteiger partial charge on any atom is 0.273 e. The van der Waals surface area contributed by atoms with Crippen LogP contribution in [0.1, 0.15) is 37.8 Å².